The molecule has 0 spiro atoms. The van der Waals surface area contributed by atoms with Crippen LogP contribution in [0.25, 0.3) is 22.5 Å². The predicted molar refractivity (Wildman–Crippen MR) is 90.9 cm³/mol. The number of halogens is 2. The Morgan fingerprint density at radius 1 is 0.667 bits per heavy atom. The van der Waals surface area contributed by atoms with E-state index in [1.54, 1.807) is 0 Å². The van der Waals surface area contributed by atoms with Gasteiger partial charge in [-0.05, 0) is 102 Å². The van der Waals surface area contributed by atoms with Crippen LogP contribution in [0.4, 0.5) is 8.78 Å². The molecule has 24 heavy (non-hydrogen) atoms. The fourth-order valence-corrected chi connectivity index (χ4v) is 4.57. The Hall–Kier alpha value is -2.42. The topological polar surface area (TPSA) is 15.8 Å². The molecular formula is C21H17F2N. The minimum absolute atomic E-state index is 0.220. The van der Waals surface area contributed by atoms with Crippen LogP contribution in [0.5, 0.6) is 0 Å². The first-order valence-electron chi connectivity index (χ1n) is 8.48. The van der Waals surface area contributed by atoms with E-state index in [0.717, 1.165) is 22.5 Å². The summed E-state index contributed by atoms with van der Waals surface area (Å²) in [7, 11) is 0. The van der Waals surface area contributed by atoms with Gasteiger partial charge in [-0.1, -0.05) is 0 Å². The molecule has 0 amide bonds. The maximum absolute atomic E-state index is 13.3. The van der Waals surface area contributed by atoms with E-state index in [0.29, 0.717) is 11.8 Å². The molecule has 2 aliphatic carbocycles. The third kappa shape index (κ3) is 1.97. The lowest BCUT2D eigenvalue weighted by atomic mass is 9.89. The van der Waals surface area contributed by atoms with Crippen LogP contribution in [0.2, 0.25) is 0 Å². The van der Waals surface area contributed by atoms with Gasteiger partial charge >= 0.3 is 0 Å². The van der Waals surface area contributed by atoms with E-state index >= 15 is 0 Å². The molecule has 3 aromatic rings. The average molecular weight is 321 g/mol. The Bertz CT molecular complexity index is 832. The summed E-state index contributed by atoms with van der Waals surface area (Å²) < 4.78 is 26.6. The number of hydrogen-bond donors (Lipinski definition) is 1. The molecular weight excluding hydrogens is 304 g/mol. The average Bonchev–Trinajstić information content (AvgIpc) is 3.28. The summed E-state index contributed by atoms with van der Waals surface area (Å²) in [5, 5.41) is 0. The highest BCUT2D eigenvalue weighted by Gasteiger charge is 2.42. The first-order valence-corrected chi connectivity index (χ1v) is 8.48. The Labute approximate surface area is 139 Å². The third-order valence-corrected chi connectivity index (χ3v) is 5.59. The number of rotatable bonds is 2. The standard InChI is InChI=1S/C21H17F2N/c22-16-7-3-12(4-8-16)20-18-14-1-2-15(11-14)19(18)21(24-20)13-5-9-17(23)10-6-13/h3-10,14-15,24H,1-2,11H2/t14-,15+. The number of H-pyrrole nitrogens is 1. The Balaban J connectivity index is 1.72. The molecule has 0 radical (unpaired) electrons. The zero-order chi connectivity index (χ0) is 16.3. The first kappa shape index (κ1) is 14.0. The normalized spacial score (nSPS) is 21.2. The zero-order valence-electron chi connectivity index (χ0n) is 13.2. The summed E-state index contributed by atoms with van der Waals surface area (Å²) in [6, 6.07) is 13.4. The lowest BCUT2D eigenvalue weighted by molar-refractivity contribution is 0.627. The van der Waals surface area contributed by atoms with Crippen LogP contribution in [0.15, 0.2) is 48.5 Å². The van der Waals surface area contributed by atoms with Crippen LogP contribution in [0, 0.1) is 11.6 Å². The van der Waals surface area contributed by atoms with Crippen molar-refractivity contribution in [3.63, 3.8) is 0 Å². The van der Waals surface area contributed by atoms with E-state index in [2.05, 4.69) is 4.98 Å². The van der Waals surface area contributed by atoms with Gasteiger partial charge < -0.3 is 4.98 Å². The summed E-state index contributed by atoms with van der Waals surface area (Å²) in [5.41, 5.74) is 7.06. The molecule has 1 fully saturated rings. The molecule has 1 nitrogen and oxygen atoms in total. The SMILES string of the molecule is Fc1ccc(-c2[nH]c(-c3ccc(F)cc3)c3c2[C@@H]2CC[C@H]3C2)cc1. The van der Waals surface area contributed by atoms with Crippen molar-refractivity contribution in [2.24, 2.45) is 0 Å². The van der Waals surface area contributed by atoms with Gasteiger partial charge in [0.1, 0.15) is 11.6 Å². The van der Waals surface area contributed by atoms with Gasteiger partial charge in [-0.3, -0.25) is 0 Å². The highest BCUT2D eigenvalue weighted by molar-refractivity contribution is 5.79. The van der Waals surface area contributed by atoms with E-state index in [1.807, 2.05) is 24.3 Å². The molecule has 2 atom stereocenters. The Morgan fingerprint density at radius 2 is 1.08 bits per heavy atom. The van der Waals surface area contributed by atoms with Gasteiger partial charge in [0.25, 0.3) is 0 Å². The van der Waals surface area contributed by atoms with E-state index in [-0.39, 0.29) is 11.6 Å². The molecule has 0 saturated heterocycles. The van der Waals surface area contributed by atoms with Crippen molar-refractivity contribution >= 4 is 0 Å². The predicted octanol–water partition coefficient (Wildman–Crippen LogP) is 5.99. The van der Waals surface area contributed by atoms with Crippen molar-refractivity contribution in [3.05, 3.63) is 71.3 Å². The van der Waals surface area contributed by atoms with Crippen LogP contribution >= 0.6 is 0 Å². The van der Waals surface area contributed by atoms with E-state index in [1.165, 1.54) is 54.7 Å². The molecule has 2 aromatic carbocycles. The summed E-state index contributed by atoms with van der Waals surface area (Å²) in [4.78, 5) is 3.58. The molecule has 2 bridgehead atoms. The van der Waals surface area contributed by atoms with Gasteiger partial charge in [-0.15, -0.1) is 0 Å². The number of nitrogens with one attached hydrogen (secondary N) is 1. The summed E-state index contributed by atoms with van der Waals surface area (Å²) in [5.74, 6) is 0.746. The molecule has 0 unspecified atom stereocenters. The number of aromatic nitrogens is 1. The van der Waals surface area contributed by atoms with Gasteiger partial charge in [0.15, 0.2) is 0 Å². The van der Waals surface area contributed by atoms with Crippen LogP contribution in [-0.2, 0) is 0 Å². The number of hydrogen-bond acceptors (Lipinski definition) is 0. The number of aromatic amines is 1. The zero-order valence-corrected chi connectivity index (χ0v) is 13.2. The van der Waals surface area contributed by atoms with Gasteiger partial charge in [-0.2, -0.15) is 0 Å². The Kier molecular flexibility index (Phi) is 2.93. The molecule has 3 heteroatoms. The second-order valence-electron chi connectivity index (χ2n) is 6.92. The second kappa shape index (κ2) is 5.04. The highest BCUT2D eigenvalue weighted by Crippen LogP contribution is 2.58. The summed E-state index contributed by atoms with van der Waals surface area (Å²) >= 11 is 0. The van der Waals surface area contributed by atoms with Crippen molar-refractivity contribution in [2.75, 3.05) is 0 Å². The third-order valence-electron chi connectivity index (χ3n) is 5.59. The number of fused-ring (bicyclic) bond motifs is 5. The van der Waals surface area contributed by atoms with Gasteiger partial charge in [-0.25, -0.2) is 8.78 Å². The fourth-order valence-electron chi connectivity index (χ4n) is 4.57. The summed E-state index contributed by atoms with van der Waals surface area (Å²) in [6.07, 6.45) is 3.67. The van der Waals surface area contributed by atoms with Crippen molar-refractivity contribution in [1.29, 1.82) is 0 Å². The molecule has 0 aliphatic heterocycles. The maximum Gasteiger partial charge on any atom is 0.123 e. The molecule has 1 saturated carbocycles. The van der Waals surface area contributed by atoms with Crippen LogP contribution < -0.4 is 0 Å². The summed E-state index contributed by atoms with van der Waals surface area (Å²) in [6.45, 7) is 0. The number of benzene rings is 2. The highest BCUT2D eigenvalue weighted by atomic mass is 19.1. The quantitative estimate of drug-likeness (QED) is 0.596. The van der Waals surface area contributed by atoms with Crippen LogP contribution in [0.3, 0.4) is 0 Å². The van der Waals surface area contributed by atoms with Crippen molar-refractivity contribution in [2.45, 2.75) is 31.1 Å². The van der Waals surface area contributed by atoms with Gasteiger partial charge in [0, 0.05) is 11.4 Å². The van der Waals surface area contributed by atoms with E-state index in [4.69, 9.17) is 0 Å². The minimum atomic E-state index is -0.220. The molecule has 1 heterocycles. The van der Waals surface area contributed by atoms with Gasteiger partial charge in [0.05, 0.1) is 0 Å². The van der Waals surface area contributed by atoms with Crippen molar-refractivity contribution in [3.8, 4) is 22.5 Å². The first-order chi connectivity index (χ1) is 11.7. The van der Waals surface area contributed by atoms with Gasteiger partial charge in [0.2, 0.25) is 0 Å². The fraction of sp³-hybridized carbons (Fsp3) is 0.238. The molecule has 2 aliphatic rings. The largest absolute Gasteiger partial charge is 0.354 e. The van der Waals surface area contributed by atoms with E-state index < -0.39 is 0 Å². The smallest absolute Gasteiger partial charge is 0.123 e. The van der Waals surface area contributed by atoms with Crippen LogP contribution in [-0.4, -0.2) is 4.98 Å². The lowest BCUT2D eigenvalue weighted by Gasteiger charge is -2.13. The second-order valence-corrected chi connectivity index (χ2v) is 6.92. The molecule has 5 rings (SSSR count). The lowest BCUT2D eigenvalue weighted by Crippen LogP contribution is -1.96. The van der Waals surface area contributed by atoms with Crippen LogP contribution in [0.1, 0.15) is 42.2 Å². The molecule has 120 valence electrons. The Morgan fingerprint density at radius 3 is 1.50 bits per heavy atom. The van der Waals surface area contributed by atoms with E-state index in [9.17, 15) is 8.78 Å². The monoisotopic (exact) mass is 321 g/mol. The maximum atomic E-state index is 13.3. The molecule has 1 N–H and O–H groups in total. The minimum Gasteiger partial charge on any atom is -0.354 e. The molecule has 1 aromatic heterocycles. The van der Waals surface area contributed by atoms with Crippen molar-refractivity contribution < 1.29 is 8.78 Å². The van der Waals surface area contributed by atoms with Crippen molar-refractivity contribution in [1.82, 2.24) is 4.98 Å².